The molecule has 2 aliphatic rings. The molecule has 1 atom stereocenters. The van der Waals surface area contributed by atoms with E-state index in [1.165, 1.54) is 32.1 Å². The van der Waals surface area contributed by atoms with Gasteiger partial charge in [0.25, 0.3) is 0 Å². The number of hydrogen-bond acceptors (Lipinski definition) is 3. The third-order valence-corrected chi connectivity index (χ3v) is 3.13. The molecule has 1 aliphatic carbocycles. The highest BCUT2D eigenvalue weighted by Crippen LogP contribution is 2.52. The van der Waals surface area contributed by atoms with Crippen LogP contribution >= 0.6 is 0 Å². The lowest BCUT2D eigenvalue weighted by molar-refractivity contribution is -0.0594. The molecule has 2 N–H and O–H groups in total. The van der Waals surface area contributed by atoms with Crippen molar-refractivity contribution in [1.29, 1.82) is 0 Å². The Morgan fingerprint density at radius 3 is 2.75 bits per heavy atom. The fourth-order valence-corrected chi connectivity index (χ4v) is 2.11. The summed E-state index contributed by atoms with van der Waals surface area (Å²) < 4.78 is 5.72. The van der Waals surface area contributed by atoms with Gasteiger partial charge in [-0.05, 0) is 32.1 Å². The summed E-state index contributed by atoms with van der Waals surface area (Å²) in [4.78, 5) is 4.74. The largest absolute Gasteiger partial charge is 0.378 e. The second-order valence-corrected chi connectivity index (χ2v) is 4.03. The topological polar surface area (TPSA) is 44.5 Å². The van der Waals surface area contributed by atoms with Crippen molar-refractivity contribution in [3.8, 4) is 0 Å². The van der Waals surface area contributed by atoms with Crippen LogP contribution in [0.25, 0.3) is 0 Å². The predicted octanol–water partition coefficient (Wildman–Crippen LogP) is 1.23. The predicted molar refractivity (Wildman–Crippen MR) is 45.4 cm³/mol. The quantitative estimate of drug-likeness (QED) is 0.649. The Hall–Kier alpha value is -0.120. The van der Waals surface area contributed by atoms with Gasteiger partial charge in [0.05, 0.1) is 12.7 Å². The molecule has 3 nitrogen and oxygen atoms in total. The van der Waals surface area contributed by atoms with Crippen molar-refractivity contribution in [1.82, 2.24) is 0 Å². The second kappa shape index (κ2) is 3.32. The second-order valence-electron chi connectivity index (χ2n) is 4.03. The van der Waals surface area contributed by atoms with Gasteiger partial charge in [0.15, 0.2) is 0 Å². The molecule has 1 saturated heterocycles. The number of ether oxygens (including phenoxy) is 1. The first-order chi connectivity index (χ1) is 5.87. The molecule has 0 aromatic heterocycles. The van der Waals surface area contributed by atoms with Gasteiger partial charge in [0.1, 0.15) is 0 Å². The minimum absolute atomic E-state index is 0.301. The maximum atomic E-state index is 5.72. The molecule has 1 aliphatic heterocycles. The minimum Gasteiger partial charge on any atom is -0.378 e. The summed E-state index contributed by atoms with van der Waals surface area (Å²) in [5.41, 5.74) is 0.301. The first-order valence-electron chi connectivity index (χ1n) is 4.81. The van der Waals surface area contributed by atoms with Crippen LogP contribution in [0, 0.1) is 5.41 Å². The molecule has 70 valence electrons. The van der Waals surface area contributed by atoms with Crippen LogP contribution in [-0.2, 0) is 9.57 Å². The molecule has 2 fully saturated rings. The molecule has 0 amide bonds. The van der Waals surface area contributed by atoms with E-state index in [4.69, 9.17) is 15.5 Å². The van der Waals surface area contributed by atoms with E-state index in [-0.39, 0.29) is 0 Å². The van der Waals surface area contributed by atoms with Gasteiger partial charge in [-0.2, -0.15) is 0 Å². The summed E-state index contributed by atoms with van der Waals surface area (Å²) in [7, 11) is 0. The van der Waals surface area contributed by atoms with E-state index in [1.54, 1.807) is 0 Å². The van der Waals surface area contributed by atoms with Gasteiger partial charge in [-0.15, -0.1) is 0 Å². The fourth-order valence-electron chi connectivity index (χ4n) is 2.11. The van der Waals surface area contributed by atoms with E-state index in [0.29, 0.717) is 18.1 Å². The van der Waals surface area contributed by atoms with Crippen molar-refractivity contribution in [2.45, 2.75) is 38.2 Å². The lowest BCUT2D eigenvalue weighted by Crippen LogP contribution is -2.33. The summed E-state index contributed by atoms with van der Waals surface area (Å²) in [6.45, 7) is 1.61. The number of rotatable bonds is 3. The van der Waals surface area contributed by atoms with E-state index < -0.39 is 0 Å². The van der Waals surface area contributed by atoms with Gasteiger partial charge in [-0.3, -0.25) is 0 Å². The molecule has 0 spiro atoms. The van der Waals surface area contributed by atoms with E-state index in [9.17, 15) is 0 Å². The van der Waals surface area contributed by atoms with Gasteiger partial charge in [-0.25, -0.2) is 5.90 Å². The van der Waals surface area contributed by atoms with Crippen molar-refractivity contribution in [3.63, 3.8) is 0 Å². The van der Waals surface area contributed by atoms with Crippen molar-refractivity contribution < 1.29 is 9.57 Å². The van der Waals surface area contributed by atoms with Gasteiger partial charge in [-0.1, -0.05) is 0 Å². The molecule has 0 aromatic rings. The average Bonchev–Trinajstić information content (AvgIpc) is 2.88. The highest BCUT2D eigenvalue weighted by atomic mass is 16.6. The Labute approximate surface area is 73.2 Å². The maximum absolute atomic E-state index is 5.72. The Morgan fingerprint density at radius 2 is 2.25 bits per heavy atom. The minimum atomic E-state index is 0.301. The van der Waals surface area contributed by atoms with Crippen LogP contribution in [0.1, 0.15) is 32.1 Å². The first-order valence-corrected chi connectivity index (χ1v) is 4.81. The lowest BCUT2D eigenvalue weighted by atomic mass is 9.94. The summed E-state index contributed by atoms with van der Waals surface area (Å²) in [5, 5.41) is 0. The molecule has 1 saturated carbocycles. The summed E-state index contributed by atoms with van der Waals surface area (Å²) >= 11 is 0. The molecule has 3 heteroatoms. The first kappa shape index (κ1) is 8.48. The van der Waals surface area contributed by atoms with Crippen LogP contribution < -0.4 is 5.90 Å². The molecule has 2 rings (SSSR count). The molecule has 12 heavy (non-hydrogen) atoms. The highest BCUT2D eigenvalue weighted by Gasteiger charge is 2.50. The Morgan fingerprint density at radius 1 is 1.42 bits per heavy atom. The van der Waals surface area contributed by atoms with Gasteiger partial charge in [0, 0.05) is 12.0 Å². The van der Waals surface area contributed by atoms with Crippen LogP contribution in [0.4, 0.5) is 0 Å². The third-order valence-electron chi connectivity index (χ3n) is 3.13. The average molecular weight is 171 g/mol. The maximum Gasteiger partial charge on any atom is 0.0760 e. The van der Waals surface area contributed by atoms with Crippen LogP contribution in [0.3, 0.4) is 0 Å². The third kappa shape index (κ3) is 1.49. The van der Waals surface area contributed by atoms with E-state index in [0.717, 1.165) is 6.61 Å². The normalized spacial score (nSPS) is 33.2. The standard InChI is InChI=1S/C9H17NO2/c10-12-7-9(4-5-9)8-3-1-2-6-11-8/h8H,1-7,10H2. The lowest BCUT2D eigenvalue weighted by Gasteiger charge is -2.29. The molecule has 1 heterocycles. The zero-order valence-corrected chi connectivity index (χ0v) is 7.42. The van der Waals surface area contributed by atoms with Crippen LogP contribution in [-0.4, -0.2) is 19.3 Å². The molecule has 0 bridgehead atoms. The van der Waals surface area contributed by atoms with Crippen LogP contribution in [0.5, 0.6) is 0 Å². The molecule has 0 aromatic carbocycles. The Kier molecular flexibility index (Phi) is 2.35. The Bertz CT molecular complexity index is 151. The van der Waals surface area contributed by atoms with Crippen molar-refractivity contribution in [2.75, 3.05) is 13.2 Å². The van der Waals surface area contributed by atoms with Crippen LogP contribution in [0.15, 0.2) is 0 Å². The SMILES string of the molecule is NOCC1(C2CCCCO2)CC1. The molecular formula is C9H17NO2. The van der Waals surface area contributed by atoms with E-state index >= 15 is 0 Å². The highest BCUT2D eigenvalue weighted by molar-refractivity contribution is 5.00. The zero-order chi connectivity index (χ0) is 8.44. The van der Waals surface area contributed by atoms with Crippen molar-refractivity contribution in [3.05, 3.63) is 0 Å². The van der Waals surface area contributed by atoms with E-state index in [2.05, 4.69) is 0 Å². The number of hydrogen-bond donors (Lipinski definition) is 1. The van der Waals surface area contributed by atoms with Crippen LogP contribution in [0.2, 0.25) is 0 Å². The fraction of sp³-hybridized carbons (Fsp3) is 1.00. The van der Waals surface area contributed by atoms with Crippen molar-refractivity contribution in [2.24, 2.45) is 11.3 Å². The zero-order valence-electron chi connectivity index (χ0n) is 7.42. The summed E-state index contributed by atoms with van der Waals surface area (Å²) in [6.07, 6.45) is 6.61. The van der Waals surface area contributed by atoms with Gasteiger partial charge < -0.3 is 9.57 Å². The monoisotopic (exact) mass is 171 g/mol. The Balaban J connectivity index is 1.88. The molecule has 1 unspecified atom stereocenters. The van der Waals surface area contributed by atoms with E-state index in [1.807, 2.05) is 0 Å². The smallest absolute Gasteiger partial charge is 0.0760 e. The summed E-state index contributed by atoms with van der Waals surface area (Å²) in [5.74, 6) is 5.11. The van der Waals surface area contributed by atoms with Gasteiger partial charge in [0.2, 0.25) is 0 Å². The summed E-state index contributed by atoms with van der Waals surface area (Å²) in [6, 6.07) is 0. The molecule has 0 radical (unpaired) electrons. The number of nitrogens with two attached hydrogens (primary N) is 1. The van der Waals surface area contributed by atoms with Gasteiger partial charge >= 0.3 is 0 Å². The molecular weight excluding hydrogens is 154 g/mol. The van der Waals surface area contributed by atoms with Crippen molar-refractivity contribution >= 4 is 0 Å².